The first-order chi connectivity index (χ1) is 8.06. The van der Waals surface area contributed by atoms with Crippen molar-refractivity contribution in [2.24, 2.45) is 0 Å². The highest BCUT2D eigenvalue weighted by molar-refractivity contribution is 5.96. The molecule has 1 rings (SSSR count). The number of carbonyl (C=O) groups excluding carboxylic acids is 1. The van der Waals surface area contributed by atoms with Crippen molar-refractivity contribution in [3.8, 4) is 0 Å². The van der Waals surface area contributed by atoms with E-state index in [1.54, 1.807) is 13.0 Å². The summed E-state index contributed by atoms with van der Waals surface area (Å²) in [6.07, 6.45) is 0. The van der Waals surface area contributed by atoms with Gasteiger partial charge >= 0.3 is 0 Å². The van der Waals surface area contributed by atoms with Crippen LogP contribution in [0.3, 0.4) is 0 Å². The van der Waals surface area contributed by atoms with Gasteiger partial charge in [0.2, 0.25) is 0 Å². The molecule has 0 radical (unpaired) electrons. The zero-order valence-electron chi connectivity index (χ0n) is 9.73. The van der Waals surface area contributed by atoms with E-state index in [1.165, 1.54) is 19.2 Å². The number of carbonyl (C=O) groups is 1. The predicted molar refractivity (Wildman–Crippen MR) is 62.0 cm³/mol. The van der Waals surface area contributed by atoms with Gasteiger partial charge in [-0.15, -0.1) is 0 Å². The Hall–Kier alpha value is -1.95. The number of hydrogen-bond acceptors (Lipinski definition) is 4. The highest BCUT2D eigenvalue weighted by Crippen LogP contribution is 2.17. The van der Waals surface area contributed by atoms with E-state index in [1.807, 2.05) is 0 Å². The summed E-state index contributed by atoms with van der Waals surface area (Å²) < 4.78 is 4.80. The fraction of sp³-hybridized carbons (Fsp3) is 0.364. The van der Waals surface area contributed by atoms with Gasteiger partial charge in [0, 0.05) is 31.4 Å². The number of non-ortho nitro benzene ring substituents is 1. The lowest BCUT2D eigenvalue weighted by atomic mass is 10.1. The quantitative estimate of drug-likeness (QED) is 0.476. The number of benzene rings is 1. The third-order valence-electron chi connectivity index (χ3n) is 2.27. The van der Waals surface area contributed by atoms with Crippen LogP contribution in [-0.2, 0) is 4.74 Å². The largest absolute Gasteiger partial charge is 0.383 e. The van der Waals surface area contributed by atoms with Crippen molar-refractivity contribution in [3.63, 3.8) is 0 Å². The Balaban J connectivity index is 2.84. The summed E-state index contributed by atoms with van der Waals surface area (Å²) in [4.78, 5) is 21.8. The molecule has 0 saturated carbocycles. The van der Waals surface area contributed by atoms with Gasteiger partial charge < -0.3 is 10.1 Å². The number of nitrogens with zero attached hydrogens (tertiary/aromatic N) is 1. The van der Waals surface area contributed by atoms with Crippen LogP contribution >= 0.6 is 0 Å². The fourth-order valence-electron chi connectivity index (χ4n) is 1.33. The van der Waals surface area contributed by atoms with Gasteiger partial charge in [-0.3, -0.25) is 14.9 Å². The molecule has 0 aliphatic carbocycles. The van der Waals surface area contributed by atoms with Crippen LogP contribution in [0.1, 0.15) is 15.9 Å². The first-order valence-corrected chi connectivity index (χ1v) is 5.08. The number of nitrogens with one attached hydrogen (secondary N) is 1. The van der Waals surface area contributed by atoms with Gasteiger partial charge in [0.05, 0.1) is 11.5 Å². The third kappa shape index (κ3) is 3.53. The molecule has 0 atom stereocenters. The summed E-state index contributed by atoms with van der Waals surface area (Å²) in [6, 6.07) is 4.21. The molecule has 0 bridgehead atoms. The fourth-order valence-corrected chi connectivity index (χ4v) is 1.33. The summed E-state index contributed by atoms with van der Waals surface area (Å²) in [5.74, 6) is -0.330. The van der Waals surface area contributed by atoms with E-state index in [9.17, 15) is 14.9 Å². The minimum absolute atomic E-state index is 0.0903. The molecule has 6 heteroatoms. The SMILES string of the molecule is COCCNC(=O)c1cc([N+](=O)[O-])ccc1C. The highest BCUT2D eigenvalue weighted by atomic mass is 16.6. The molecule has 0 aliphatic heterocycles. The Morgan fingerprint density at radius 2 is 2.24 bits per heavy atom. The molecule has 1 amide bonds. The monoisotopic (exact) mass is 238 g/mol. The molecule has 0 fully saturated rings. The van der Waals surface area contributed by atoms with E-state index in [0.717, 1.165) is 0 Å². The number of nitro benzene ring substituents is 1. The molecule has 17 heavy (non-hydrogen) atoms. The summed E-state index contributed by atoms with van der Waals surface area (Å²) in [5, 5.41) is 13.2. The molecule has 0 spiro atoms. The summed E-state index contributed by atoms with van der Waals surface area (Å²) in [5.41, 5.74) is 0.924. The van der Waals surface area contributed by atoms with Crippen LogP contribution in [0, 0.1) is 17.0 Å². The molecule has 1 N–H and O–H groups in total. The molecule has 6 nitrogen and oxygen atoms in total. The van der Waals surface area contributed by atoms with E-state index >= 15 is 0 Å². The lowest BCUT2D eigenvalue weighted by molar-refractivity contribution is -0.384. The zero-order valence-corrected chi connectivity index (χ0v) is 9.73. The maximum absolute atomic E-state index is 11.7. The van der Waals surface area contributed by atoms with Crippen molar-refractivity contribution >= 4 is 11.6 Å². The number of amides is 1. The Bertz CT molecular complexity index is 431. The molecule has 1 aromatic carbocycles. The maximum Gasteiger partial charge on any atom is 0.270 e. The summed E-state index contributed by atoms with van der Waals surface area (Å²) >= 11 is 0. The smallest absolute Gasteiger partial charge is 0.270 e. The Morgan fingerprint density at radius 3 is 2.82 bits per heavy atom. The number of aryl methyl sites for hydroxylation is 1. The van der Waals surface area contributed by atoms with Crippen molar-refractivity contribution in [2.75, 3.05) is 20.3 Å². The van der Waals surface area contributed by atoms with E-state index in [0.29, 0.717) is 24.3 Å². The average Bonchev–Trinajstić information content (AvgIpc) is 2.29. The van der Waals surface area contributed by atoms with Crippen LogP contribution in [0.25, 0.3) is 0 Å². The maximum atomic E-state index is 11.7. The summed E-state index contributed by atoms with van der Waals surface area (Å²) in [7, 11) is 1.53. The lowest BCUT2D eigenvalue weighted by Gasteiger charge is -2.06. The number of hydrogen-bond donors (Lipinski definition) is 1. The third-order valence-corrected chi connectivity index (χ3v) is 2.27. The number of nitro groups is 1. The lowest BCUT2D eigenvalue weighted by Crippen LogP contribution is -2.27. The van der Waals surface area contributed by atoms with E-state index < -0.39 is 4.92 Å². The number of ether oxygens (including phenoxy) is 1. The van der Waals surface area contributed by atoms with E-state index in [-0.39, 0.29) is 11.6 Å². The van der Waals surface area contributed by atoms with Gasteiger partial charge in [-0.2, -0.15) is 0 Å². The molecule has 92 valence electrons. The van der Waals surface area contributed by atoms with Gasteiger partial charge in [0.15, 0.2) is 0 Å². The second-order valence-electron chi connectivity index (χ2n) is 3.51. The predicted octanol–water partition coefficient (Wildman–Crippen LogP) is 1.28. The minimum atomic E-state index is -0.522. The van der Waals surface area contributed by atoms with Crippen molar-refractivity contribution in [2.45, 2.75) is 6.92 Å². The minimum Gasteiger partial charge on any atom is -0.383 e. The van der Waals surface area contributed by atoms with Crippen LogP contribution in [0.4, 0.5) is 5.69 Å². The second kappa shape index (κ2) is 5.95. The van der Waals surface area contributed by atoms with Crippen LogP contribution < -0.4 is 5.32 Å². The number of methoxy groups -OCH3 is 1. The normalized spacial score (nSPS) is 10.0. The van der Waals surface area contributed by atoms with Gasteiger partial charge in [-0.05, 0) is 12.5 Å². The Morgan fingerprint density at radius 1 is 1.53 bits per heavy atom. The van der Waals surface area contributed by atoms with Crippen molar-refractivity contribution < 1.29 is 14.5 Å². The summed E-state index contributed by atoms with van der Waals surface area (Å²) in [6.45, 7) is 2.51. The molecule has 0 aromatic heterocycles. The van der Waals surface area contributed by atoms with Crippen molar-refractivity contribution in [3.05, 3.63) is 39.4 Å². The highest BCUT2D eigenvalue weighted by Gasteiger charge is 2.13. The van der Waals surface area contributed by atoms with Gasteiger partial charge in [0.25, 0.3) is 11.6 Å². The van der Waals surface area contributed by atoms with Crippen LogP contribution in [0.15, 0.2) is 18.2 Å². The molecular weight excluding hydrogens is 224 g/mol. The average molecular weight is 238 g/mol. The van der Waals surface area contributed by atoms with Gasteiger partial charge in [-0.1, -0.05) is 6.07 Å². The van der Waals surface area contributed by atoms with Gasteiger partial charge in [-0.25, -0.2) is 0 Å². The second-order valence-corrected chi connectivity index (χ2v) is 3.51. The zero-order chi connectivity index (χ0) is 12.8. The van der Waals surface area contributed by atoms with Crippen LogP contribution in [-0.4, -0.2) is 31.1 Å². The molecule has 0 aliphatic rings. The molecule has 0 heterocycles. The Kier molecular flexibility index (Phi) is 4.59. The van der Waals surface area contributed by atoms with E-state index in [4.69, 9.17) is 4.74 Å². The molecular formula is C11H14N2O4. The van der Waals surface area contributed by atoms with E-state index in [2.05, 4.69) is 5.32 Å². The Labute approximate surface area is 98.7 Å². The molecule has 0 unspecified atom stereocenters. The first kappa shape index (κ1) is 13.1. The topological polar surface area (TPSA) is 81.5 Å². The molecule has 1 aromatic rings. The standard InChI is InChI=1S/C11H14N2O4/c1-8-3-4-9(13(15)16)7-10(8)11(14)12-5-6-17-2/h3-4,7H,5-6H2,1-2H3,(H,12,14). The van der Waals surface area contributed by atoms with Crippen LogP contribution in [0.2, 0.25) is 0 Å². The van der Waals surface area contributed by atoms with Crippen LogP contribution in [0.5, 0.6) is 0 Å². The first-order valence-electron chi connectivity index (χ1n) is 5.08. The van der Waals surface area contributed by atoms with Gasteiger partial charge in [0.1, 0.15) is 0 Å². The number of rotatable bonds is 5. The molecule has 0 saturated heterocycles. The van der Waals surface area contributed by atoms with Crippen molar-refractivity contribution in [1.29, 1.82) is 0 Å². The van der Waals surface area contributed by atoms with Crippen molar-refractivity contribution in [1.82, 2.24) is 5.32 Å².